The molecule has 8 heteroatoms. The van der Waals surface area contributed by atoms with E-state index in [1.165, 1.54) is 26.2 Å². The van der Waals surface area contributed by atoms with Crippen molar-refractivity contribution < 1.29 is 22.7 Å². The third-order valence-corrected chi connectivity index (χ3v) is 5.08. The molecule has 2 aromatic carbocycles. The highest BCUT2D eigenvalue weighted by Gasteiger charge is 2.22. The van der Waals surface area contributed by atoms with Crippen LogP contribution in [0.5, 0.6) is 11.5 Å². The van der Waals surface area contributed by atoms with E-state index in [1.54, 1.807) is 36.4 Å². The van der Waals surface area contributed by atoms with Crippen LogP contribution in [0.15, 0.2) is 53.4 Å². The summed E-state index contributed by atoms with van der Waals surface area (Å²) in [5.41, 5.74) is 0.550. The number of carbonyl (C=O) groups excluding carboxylic acids is 1. The molecule has 0 aliphatic carbocycles. The molecule has 2 N–H and O–H groups in total. The number of methoxy groups -OCH3 is 1. The van der Waals surface area contributed by atoms with Gasteiger partial charge in [0.25, 0.3) is 0 Å². The number of sulfonamides is 1. The summed E-state index contributed by atoms with van der Waals surface area (Å²) in [6.07, 6.45) is 0. The third-order valence-electron chi connectivity index (χ3n) is 3.53. The predicted octanol–water partition coefficient (Wildman–Crippen LogP) is 2.40. The molecular formula is C18H22N2O5S. The molecule has 0 fully saturated rings. The summed E-state index contributed by atoms with van der Waals surface area (Å²) in [6.45, 7) is 3.91. The summed E-state index contributed by atoms with van der Waals surface area (Å²) in [5, 5.41) is 2.66. The molecule has 7 nitrogen and oxygen atoms in total. The molecule has 26 heavy (non-hydrogen) atoms. The minimum absolute atomic E-state index is 0.0546. The van der Waals surface area contributed by atoms with Gasteiger partial charge in [0.05, 0.1) is 24.7 Å². The maximum atomic E-state index is 12.4. The maximum absolute atomic E-state index is 12.4. The highest BCUT2D eigenvalue weighted by molar-refractivity contribution is 7.89. The summed E-state index contributed by atoms with van der Waals surface area (Å²) >= 11 is 0. The van der Waals surface area contributed by atoms with Crippen LogP contribution in [-0.4, -0.2) is 34.1 Å². The van der Waals surface area contributed by atoms with Crippen molar-refractivity contribution >= 4 is 21.6 Å². The van der Waals surface area contributed by atoms with E-state index in [4.69, 9.17) is 9.47 Å². The van der Waals surface area contributed by atoms with Gasteiger partial charge in [-0.25, -0.2) is 8.42 Å². The number of benzene rings is 2. The largest absolute Gasteiger partial charge is 0.497 e. The van der Waals surface area contributed by atoms with Crippen LogP contribution in [0.2, 0.25) is 0 Å². The highest BCUT2D eigenvalue weighted by atomic mass is 32.2. The Labute approximate surface area is 153 Å². The van der Waals surface area contributed by atoms with E-state index in [0.717, 1.165) is 0 Å². The Kier molecular flexibility index (Phi) is 6.59. The van der Waals surface area contributed by atoms with Gasteiger partial charge in [-0.1, -0.05) is 0 Å². The zero-order valence-electron chi connectivity index (χ0n) is 14.9. The second-order valence-electron chi connectivity index (χ2n) is 5.47. The molecule has 0 spiro atoms. The number of hydrogen-bond donors (Lipinski definition) is 2. The van der Waals surface area contributed by atoms with Gasteiger partial charge in [0.2, 0.25) is 15.9 Å². The Hall–Kier alpha value is -2.58. The molecule has 1 atom stereocenters. The molecule has 0 radical (unpaired) electrons. The fraction of sp³-hybridized carbons (Fsp3) is 0.278. The number of amides is 1. The van der Waals surface area contributed by atoms with Crippen LogP contribution in [0.4, 0.5) is 5.69 Å². The minimum atomic E-state index is -3.82. The second-order valence-corrected chi connectivity index (χ2v) is 7.18. The summed E-state index contributed by atoms with van der Waals surface area (Å²) in [5.74, 6) is 0.773. The van der Waals surface area contributed by atoms with Crippen molar-refractivity contribution in [3.63, 3.8) is 0 Å². The first kappa shape index (κ1) is 19.7. The topological polar surface area (TPSA) is 93.7 Å². The molecule has 140 valence electrons. The Balaban J connectivity index is 2.00. The van der Waals surface area contributed by atoms with Gasteiger partial charge in [0.15, 0.2) is 0 Å². The first-order valence-corrected chi connectivity index (χ1v) is 9.54. The lowest BCUT2D eigenvalue weighted by molar-refractivity contribution is -0.117. The second kappa shape index (κ2) is 8.68. The lowest BCUT2D eigenvalue weighted by Gasteiger charge is -2.15. The van der Waals surface area contributed by atoms with Crippen LogP contribution in [0, 0.1) is 0 Å². The summed E-state index contributed by atoms with van der Waals surface area (Å²) < 4.78 is 37.4. The van der Waals surface area contributed by atoms with Crippen LogP contribution < -0.4 is 19.5 Å². The summed E-state index contributed by atoms with van der Waals surface area (Å²) in [4.78, 5) is 12.3. The van der Waals surface area contributed by atoms with Crippen molar-refractivity contribution in [2.45, 2.75) is 24.8 Å². The molecule has 0 aliphatic rings. The average molecular weight is 378 g/mol. The molecule has 0 unspecified atom stereocenters. The van der Waals surface area contributed by atoms with E-state index in [1.807, 2.05) is 6.92 Å². The highest BCUT2D eigenvalue weighted by Crippen LogP contribution is 2.17. The fourth-order valence-corrected chi connectivity index (χ4v) is 3.36. The molecule has 0 bridgehead atoms. The lowest BCUT2D eigenvalue weighted by atomic mass is 10.2. The van der Waals surface area contributed by atoms with Gasteiger partial charge in [0.1, 0.15) is 11.5 Å². The number of hydrogen-bond acceptors (Lipinski definition) is 5. The van der Waals surface area contributed by atoms with Crippen LogP contribution in [0.3, 0.4) is 0 Å². The van der Waals surface area contributed by atoms with Crippen molar-refractivity contribution in [3.8, 4) is 11.5 Å². The van der Waals surface area contributed by atoms with Crippen molar-refractivity contribution in [3.05, 3.63) is 48.5 Å². The van der Waals surface area contributed by atoms with Crippen LogP contribution in [0.25, 0.3) is 0 Å². The molecule has 0 saturated carbocycles. The zero-order chi connectivity index (χ0) is 19.2. The standard InChI is InChI=1S/C18H22N2O5S/c1-4-25-16-7-5-14(6-8-16)19-18(21)13(2)20-26(22,23)17-11-9-15(24-3)10-12-17/h5-13,20H,4H2,1-3H3,(H,19,21)/t13-/m0/s1. The van der Waals surface area contributed by atoms with E-state index in [2.05, 4.69) is 10.0 Å². The summed E-state index contributed by atoms with van der Waals surface area (Å²) in [6, 6.07) is 11.8. The van der Waals surface area contributed by atoms with Crippen molar-refractivity contribution in [2.75, 3.05) is 19.0 Å². The monoisotopic (exact) mass is 378 g/mol. The van der Waals surface area contributed by atoms with Crippen LogP contribution in [0.1, 0.15) is 13.8 Å². The fourth-order valence-electron chi connectivity index (χ4n) is 2.16. The zero-order valence-corrected chi connectivity index (χ0v) is 15.7. The van der Waals surface area contributed by atoms with Gasteiger partial charge in [-0.05, 0) is 62.4 Å². The Morgan fingerprint density at radius 2 is 1.62 bits per heavy atom. The minimum Gasteiger partial charge on any atom is -0.497 e. The van der Waals surface area contributed by atoms with Crippen molar-refractivity contribution in [2.24, 2.45) is 0 Å². The van der Waals surface area contributed by atoms with Gasteiger partial charge in [-0.2, -0.15) is 4.72 Å². The van der Waals surface area contributed by atoms with Gasteiger partial charge >= 0.3 is 0 Å². The Morgan fingerprint density at radius 1 is 1.04 bits per heavy atom. The maximum Gasteiger partial charge on any atom is 0.242 e. The van der Waals surface area contributed by atoms with E-state index < -0.39 is 22.0 Å². The third kappa shape index (κ3) is 5.21. The normalized spacial score (nSPS) is 12.3. The SMILES string of the molecule is CCOc1ccc(NC(=O)[C@H](C)NS(=O)(=O)c2ccc(OC)cc2)cc1. The van der Waals surface area contributed by atoms with Gasteiger partial charge in [0, 0.05) is 5.69 Å². The van der Waals surface area contributed by atoms with E-state index in [0.29, 0.717) is 23.8 Å². The number of nitrogens with one attached hydrogen (secondary N) is 2. The van der Waals surface area contributed by atoms with E-state index in [9.17, 15) is 13.2 Å². The van der Waals surface area contributed by atoms with Crippen LogP contribution in [-0.2, 0) is 14.8 Å². The van der Waals surface area contributed by atoms with Gasteiger partial charge in [-0.3, -0.25) is 4.79 Å². The lowest BCUT2D eigenvalue weighted by Crippen LogP contribution is -2.41. The van der Waals surface area contributed by atoms with Gasteiger partial charge in [-0.15, -0.1) is 0 Å². The van der Waals surface area contributed by atoms with Crippen molar-refractivity contribution in [1.29, 1.82) is 0 Å². The predicted molar refractivity (Wildman–Crippen MR) is 99.0 cm³/mol. The molecule has 2 rings (SSSR count). The molecule has 2 aromatic rings. The number of rotatable bonds is 8. The Bertz CT molecular complexity index is 833. The summed E-state index contributed by atoms with van der Waals surface area (Å²) in [7, 11) is -2.33. The molecule has 0 aromatic heterocycles. The first-order valence-electron chi connectivity index (χ1n) is 8.06. The van der Waals surface area contributed by atoms with Gasteiger partial charge < -0.3 is 14.8 Å². The van der Waals surface area contributed by atoms with E-state index >= 15 is 0 Å². The Morgan fingerprint density at radius 3 is 2.15 bits per heavy atom. The van der Waals surface area contributed by atoms with Crippen LogP contribution >= 0.6 is 0 Å². The number of anilines is 1. The average Bonchev–Trinajstić information content (AvgIpc) is 2.63. The smallest absolute Gasteiger partial charge is 0.242 e. The van der Waals surface area contributed by atoms with Crippen molar-refractivity contribution in [1.82, 2.24) is 4.72 Å². The number of carbonyl (C=O) groups is 1. The quantitative estimate of drug-likeness (QED) is 0.736. The molecule has 0 saturated heterocycles. The number of ether oxygens (including phenoxy) is 2. The first-order chi connectivity index (χ1) is 12.4. The molecular weight excluding hydrogens is 356 g/mol. The molecule has 0 heterocycles. The van der Waals surface area contributed by atoms with E-state index in [-0.39, 0.29) is 4.90 Å². The molecule has 0 aliphatic heterocycles. The molecule has 1 amide bonds.